The van der Waals surface area contributed by atoms with Gasteiger partial charge in [-0.05, 0) is 13.8 Å². The summed E-state index contributed by atoms with van der Waals surface area (Å²) in [5.74, 6) is -0.859. The maximum absolute atomic E-state index is 11.0. The predicted octanol–water partition coefficient (Wildman–Crippen LogP) is 1.39. The van der Waals surface area contributed by atoms with E-state index in [2.05, 4.69) is 9.05 Å². The van der Waals surface area contributed by atoms with E-state index < -0.39 is 21.1 Å². The van der Waals surface area contributed by atoms with Crippen LogP contribution in [0.3, 0.4) is 0 Å². The lowest BCUT2D eigenvalue weighted by atomic mass is 10.9. The zero-order valence-electron chi connectivity index (χ0n) is 7.54. The highest BCUT2D eigenvalue weighted by molar-refractivity contribution is 7.70. The van der Waals surface area contributed by atoms with Gasteiger partial charge in [-0.25, -0.2) is 0 Å². The van der Waals surface area contributed by atoms with Gasteiger partial charge in [0, 0.05) is 0 Å². The van der Waals surface area contributed by atoms with E-state index in [9.17, 15) is 9.13 Å². The maximum Gasteiger partial charge on any atom is 0.340 e. The third-order valence-electron chi connectivity index (χ3n) is 1.02. The van der Waals surface area contributed by atoms with E-state index in [0.717, 1.165) is 0 Å². The minimum Gasteiger partial charge on any atom is -0.324 e. The fourth-order valence-corrected chi connectivity index (χ4v) is 3.98. The van der Waals surface area contributed by atoms with Gasteiger partial charge in [0.25, 0.3) is 0 Å². The van der Waals surface area contributed by atoms with Crippen molar-refractivity contribution in [2.45, 2.75) is 13.8 Å². The molecule has 0 heterocycles. The molecule has 13 heavy (non-hydrogen) atoms. The molecule has 0 aromatic carbocycles. The van der Waals surface area contributed by atoms with E-state index in [-0.39, 0.29) is 13.2 Å². The van der Waals surface area contributed by atoms with Gasteiger partial charge in [0.1, 0.15) is 0 Å². The molecule has 2 atom stereocenters. The Hall–Kier alpha value is 0.300. The zero-order chi connectivity index (χ0) is 10.5. The number of hydrogen-bond acceptors (Lipinski definition) is 4. The molecule has 0 radical (unpaired) electrons. The molecular formula is C5H14O6P2. The van der Waals surface area contributed by atoms with Gasteiger partial charge < -0.3 is 18.8 Å². The fourth-order valence-electron chi connectivity index (χ4n) is 0.711. The van der Waals surface area contributed by atoms with Crippen LogP contribution in [0.2, 0.25) is 0 Å². The quantitative estimate of drug-likeness (QED) is 0.672. The van der Waals surface area contributed by atoms with Crippen molar-refractivity contribution in [3.63, 3.8) is 0 Å². The molecule has 0 saturated heterocycles. The molecule has 0 aromatic heterocycles. The number of hydrogen-bond donors (Lipinski definition) is 2. The van der Waals surface area contributed by atoms with Crippen LogP contribution in [0, 0.1) is 0 Å². The molecule has 80 valence electrons. The van der Waals surface area contributed by atoms with Crippen molar-refractivity contribution < 1.29 is 28.0 Å². The molecule has 0 bridgehead atoms. The lowest BCUT2D eigenvalue weighted by Gasteiger charge is -2.14. The van der Waals surface area contributed by atoms with E-state index in [1.807, 2.05) is 0 Å². The topological polar surface area (TPSA) is 93.1 Å². The van der Waals surface area contributed by atoms with Gasteiger partial charge in [-0.3, -0.25) is 9.13 Å². The molecule has 0 saturated carbocycles. The summed E-state index contributed by atoms with van der Waals surface area (Å²) in [7, 11) is -7.96. The first-order chi connectivity index (χ1) is 5.83. The molecule has 0 aliphatic heterocycles. The van der Waals surface area contributed by atoms with E-state index in [1.54, 1.807) is 0 Å². The van der Waals surface area contributed by atoms with Gasteiger partial charge in [0.05, 0.1) is 13.2 Å². The summed E-state index contributed by atoms with van der Waals surface area (Å²) in [5.41, 5.74) is 0. The first-order valence-corrected chi connectivity index (χ1v) is 7.28. The minimum absolute atomic E-state index is 0.0138. The molecular weight excluding hydrogens is 218 g/mol. The summed E-state index contributed by atoms with van der Waals surface area (Å²) >= 11 is 0. The molecule has 0 aliphatic carbocycles. The second-order valence-corrected chi connectivity index (χ2v) is 6.45. The molecule has 0 rings (SSSR count). The molecule has 0 aromatic rings. The van der Waals surface area contributed by atoms with Crippen LogP contribution in [0.5, 0.6) is 0 Å². The lowest BCUT2D eigenvalue weighted by Crippen LogP contribution is -1.98. The number of rotatable bonds is 6. The van der Waals surface area contributed by atoms with Crippen molar-refractivity contribution in [1.82, 2.24) is 0 Å². The Kier molecular flexibility index (Phi) is 5.37. The van der Waals surface area contributed by atoms with Gasteiger partial charge in [0.15, 0.2) is 5.90 Å². The molecule has 0 amide bonds. The lowest BCUT2D eigenvalue weighted by molar-refractivity contribution is 0.260. The average Bonchev–Trinajstić information content (AvgIpc) is 1.82. The van der Waals surface area contributed by atoms with E-state index in [0.29, 0.717) is 0 Å². The van der Waals surface area contributed by atoms with Crippen LogP contribution in [-0.4, -0.2) is 28.9 Å². The highest BCUT2D eigenvalue weighted by Crippen LogP contribution is 2.58. The molecule has 0 aliphatic rings. The largest absolute Gasteiger partial charge is 0.340 e. The SMILES string of the molecule is CCOP(=O)(O)CP(=O)(O)OCC. The van der Waals surface area contributed by atoms with Crippen LogP contribution >= 0.6 is 15.2 Å². The second kappa shape index (κ2) is 5.25. The van der Waals surface area contributed by atoms with E-state index in [1.165, 1.54) is 13.8 Å². The van der Waals surface area contributed by atoms with Crippen LogP contribution in [0.25, 0.3) is 0 Å². The third kappa shape index (κ3) is 6.38. The fraction of sp³-hybridized carbons (Fsp3) is 1.00. The molecule has 0 spiro atoms. The maximum atomic E-state index is 11.0. The zero-order valence-corrected chi connectivity index (χ0v) is 9.33. The monoisotopic (exact) mass is 232 g/mol. The summed E-state index contributed by atoms with van der Waals surface area (Å²) < 4.78 is 30.9. The Morgan fingerprint density at radius 3 is 1.54 bits per heavy atom. The van der Waals surface area contributed by atoms with Crippen molar-refractivity contribution in [1.29, 1.82) is 0 Å². The standard InChI is InChI=1S/C5H14O6P2/c1-3-10-12(6,7)5-13(8,9)11-4-2/h3-5H2,1-2H3,(H,6,7)(H,8,9). The second-order valence-electron chi connectivity index (χ2n) is 2.25. The summed E-state index contributed by atoms with van der Waals surface area (Å²) in [6.45, 7) is 3.07. The van der Waals surface area contributed by atoms with Crippen LogP contribution in [-0.2, 0) is 18.2 Å². The van der Waals surface area contributed by atoms with Crippen molar-refractivity contribution in [2.24, 2.45) is 0 Å². The van der Waals surface area contributed by atoms with E-state index in [4.69, 9.17) is 9.79 Å². The first-order valence-electron chi connectivity index (χ1n) is 3.75. The average molecular weight is 232 g/mol. The Balaban J connectivity index is 4.25. The van der Waals surface area contributed by atoms with Gasteiger partial charge in [0.2, 0.25) is 0 Å². The highest BCUT2D eigenvalue weighted by Gasteiger charge is 2.32. The minimum atomic E-state index is -3.98. The van der Waals surface area contributed by atoms with Gasteiger partial charge in [-0.1, -0.05) is 0 Å². The van der Waals surface area contributed by atoms with Gasteiger partial charge in [-0.15, -0.1) is 0 Å². The molecule has 6 nitrogen and oxygen atoms in total. The summed E-state index contributed by atoms with van der Waals surface area (Å²) in [6.07, 6.45) is 0. The van der Waals surface area contributed by atoms with Crippen LogP contribution in [0.1, 0.15) is 13.8 Å². The Morgan fingerprint density at radius 1 is 1.00 bits per heavy atom. The molecule has 2 N–H and O–H groups in total. The Labute approximate surface area is 76.9 Å². The predicted molar refractivity (Wildman–Crippen MR) is 47.8 cm³/mol. The smallest absolute Gasteiger partial charge is 0.324 e. The van der Waals surface area contributed by atoms with Crippen molar-refractivity contribution >= 4 is 15.2 Å². The van der Waals surface area contributed by atoms with Crippen molar-refractivity contribution in [3.05, 3.63) is 0 Å². The summed E-state index contributed by atoms with van der Waals surface area (Å²) in [4.78, 5) is 18.0. The summed E-state index contributed by atoms with van der Waals surface area (Å²) in [6, 6.07) is 0. The van der Waals surface area contributed by atoms with E-state index >= 15 is 0 Å². The first kappa shape index (κ1) is 13.3. The normalized spacial score (nSPS) is 20.6. The Morgan fingerprint density at radius 2 is 1.31 bits per heavy atom. The van der Waals surface area contributed by atoms with Crippen molar-refractivity contribution in [3.8, 4) is 0 Å². The summed E-state index contributed by atoms with van der Waals surface area (Å²) in [5, 5.41) is 0. The van der Waals surface area contributed by atoms with Crippen LogP contribution in [0.4, 0.5) is 0 Å². The van der Waals surface area contributed by atoms with Crippen molar-refractivity contribution in [2.75, 3.05) is 19.1 Å². The van der Waals surface area contributed by atoms with Crippen LogP contribution in [0.15, 0.2) is 0 Å². The van der Waals surface area contributed by atoms with Gasteiger partial charge >= 0.3 is 15.2 Å². The molecule has 0 fully saturated rings. The molecule has 8 heteroatoms. The Bertz CT molecular complexity index is 215. The van der Waals surface area contributed by atoms with Crippen LogP contribution < -0.4 is 0 Å². The van der Waals surface area contributed by atoms with Gasteiger partial charge in [-0.2, -0.15) is 0 Å². The highest BCUT2D eigenvalue weighted by atomic mass is 31.2. The third-order valence-corrected chi connectivity index (χ3v) is 5.20. The molecule has 2 unspecified atom stereocenters.